The molecule has 0 saturated carbocycles. The number of hydrogen-bond acceptors (Lipinski definition) is 5. The number of aromatic nitrogens is 1. The summed E-state index contributed by atoms with van der Waals surface area (Å²) in [4.78, 5) is 14.0. The summed E-state index contributed by atoms with van der Waals surface area (Å²) in [5, 5.41) is 22.2. The molecule has 0 bridgehead atoms. The summed E-state index contributed by atoms with van der Waals surface area (Å²) in [5.74, 6) is 0.273. The molecule has 2 N–H and O–H groups in total. The van der Waals surface area contributed by atoms with Crippen molar-refractivity contribution in [3.63, 3.8) is 0 Å². The SMILES string of the molecule is CC(CO)CNc1ncccc1[N+](=O)[O-]. The first-order valence-electron chi connectivity index (χ1n) is 4.59. The molecule has 0 aliphatic carbocycles. The van der Waals surface area contributed by atoms with Crippen LogP contribution in [0.5, 0.6) is 0 Å². The molecule has 1 aromatic rings. The van der Waals surface area contributed by atoms with Crippen molar-refractivity contribution in [3.8, 4) is 0 Å². The standard InChI is InChI=1S/C9H13N3O3/c1-7(6-13)5-11-9-8(12(14)15)3-2-4-10-9/h2-4,7,13H,5-6H2,1H3,(H,10,11). The van der Waals surface area contributed by atoms with Crippen molar-refractivity contribution in [3.05, 3.63) is 28.4 Å². The molecule has 0 spiro atoms. The Kier molecular flexibility index (Phi) is 3.99. The Morgan fingerprint density at radius 3 is 3.07 bits per heavy atom. The van der Waals surface area contributed by atoms with E-state index in [1.165, 1.54) is 18.3 Å². The van der Waals surface area contributed by atoms with Gasteiger partial charge in [-0.3, -0.25) is 10.1 Å². The minimum atomic E-state index is -0.487. The lowest BCUT2D eigenvalue weighted by atomic mass is 10.2. The van der Waals surface area contributed by atoms with Crippen molar-refractivity contribution in [2.24, 2.45) is 5.92 Å². The van der Waals surface area contributed by atoms with Gasteiger partial charge >= 0.3 is 5.69 Å². The van der Waals surface area contributed by atoms with Gasteiger partial charge in [-0.2, -0.15) is 0 Å². The number of nitrogens with zero attached hydrogens (tertiary/aromatic N) is 2. The molecule has 1 unspecified atom stereocenters. The molecule has 1 heterocycles. The zero-order valence-electron chi connectivity index (χ0n) is 8.38. The molecule has 0 saturated heterocycles. The molecule has 1 atom stereocenters. The number of anilines is 1. The second kappa shape index (κ2) is 5.26. The van der Waals surface area contributed by atoms with E-state index in [0.29, 0.717) is 6.54 Å². The number of nitro groups is 1. The number of pyridine rings is 1. The molecule has 15 heavy (non-hydrogen) atoms. The smallest absolute Gasteiger partial charge is 0.311 e. The molecule has 0 aliphatic rings. The summed E-state index contributed by atoms with van der Waals surface area (Å²) in [7, 11) is 0. The van der Waals surface area contributed by atoms with Gasteiger partial charge in [0, 0.05) is 25.4 Å². The quantitative estimate of drug-likeness (QED) is 0.561. The van der Waals surface area contributed by atoms with Gasteiger partial charge in [0.25, 0.3) is 0 Å². The van der Waals surface area contributed by atoms with E-state index in [0.717, 1.165) is 0 Å². The highest BCUT2D eigenvalue weighted by molar-refractivity contribution is 5.54. The largest absolute Gasteiger partial charge is 0.396 e. The number of aliphatic hydroxyl groups excluding tert-OH is 1. The molecule has 0 amide bonds. The van der Waals surface area contributed by atoms with E-state index in [-0.39, 0.29) is 24.0 Å². The summed E-state index contributed by atoms with van der Waals surface area (Å²) in [6.45, 7) is 2.32. The van der Waals surface area contributed by atoms with Gasteiger partial charge in [-0.05, 0) is 12.0 Å². The lowest BCUT2D eigenvalue weighted by molar-refractivity contribution is -0.384. The third-order valence-corrected chi connectivity index (χ3v) is 1.91. The van der Waals surface area contributed by atoms with Crippen LogP contribution in [0.15, 0.2) is 18.3 Å². The van der Waals surface area contributed by atoms with Crippen molar-refractivity contribution < 1.29 is 10.0 Å². The lowest BCUT2D eigenvalue weighted by Crippen LogP contribution is -2.15. The molecule has 0 fully saturated rings. The molecule has 6 nitrogen and oxygen atoms in total. The van der Waals surface area contributed by atoms with Crippen molar-refractivity contribution >= 4 is 11.5 Å². The zero-order chi connectivity index (χ0) is 11.3. The third-order valence-electron chi connectivity index (χ3n) is 1.91. The average Bonchev–Trinajstić information content (AvgIpc) is 2.26. The Morgan fingerprint density at radius 2 is 2.47 bits per heavy atom. The van der Waals surface area contributed by atoms with Crippen LogP contribution in [0, 0.1) is 16.0 Å². The van der Waals surface area contributed by atoms with Crippen LogP contribution in [0.2, 0.25) is 0 Å². The van der Waals surface area contributed by atoms with Crippen LogP contribution in [0.25, 0.3) is 0 Å². The molecule has 0 aliphatic heterocycles. The Balaban J connectivity index is 2.72. The van der Waals surface area contributed by atoms with Crippen LogP contribution in [0.4, 0.5) is 11.5 Å². The number of aliphatic hydroxyl groups is 1. The van der Waals surface area contributed by atoms with Crippen molar-refractivity contribution in [1.29, 1.82) is 0 Å². The number of nitrogens with one attached hydrogen (secondary N) is 1. The second-order valence-corrected chi connectivity index (χ2v) is 3.30. The summed E-state index contributed by atoms with van der Waals surface area (Å²) >= 11 is 0. The van der Waals surface area contributed by atoms with Gasteiger partial charge < -0.3 is 10.4 Å². The van der Waals surface area contributed by atoms with Gasteiger partial charge in [-0.1, -0.05) is 6.92 Å². The van der Waals surface area contributed by atoms with Gasteiger partial charge in [-0.15, -0.1) is 0 Å². The highest BCUT2D eigenvalue weighted by Gasteiger charge is 2.13. The summed E-state index contributed by atoms with van der Waals surface area (Å²) in [6, 6.07) is 2.90. The highest BCUT2D eigenvalue weighted by Crippen LogP contribution is 2.20. The van der Waals surface area contributed by atoms with Crippen LogP contribution in [0.3, 0.4) is 0 Å². The molecule has 1 aromatic heterocycles. The van der Waals surface area contributed by atoms with Crippen LogP contribution < -0.4 is 5.32 Å². The average molecular weight is 211 g/mol. The fraction of sp³-hybridized carbons (Fsp3) is 0.444. The predicted octanol–water partition coefficient (Wildman–Crippen LogP) is 1.03. The fourth-order valence-corrected chi connectivity index (χ4v) is 1.02. The van der Waals surface area contributed by atoms with Gasteiger partial charge in [-0.25, -0.2) is 4.98 Å². The first kappa shape index (κ1) is 11.4. The molecule has 0 aromatic carbocycles. The minimum Gasteiger partial charge on any atom is -0.396 e. The van der Waals surface area contributed by atoms with Crippen LogP contribution >= 0.6 is 0 Å². The number of hydrogen-bond donors (Lipinski definition) is 2. The van der Waals surface area contributed by atoms with E-state index < -0.39 is 4.92 Å². The number of rotatable bonds is 5. The van der Waals surface area contributed by atoms with Crippen molar-refractivity contribution in [2.45, 2.75) is 6.92 Å². The topological polar surface area (TPSA) is 88.3 Å². The van der Waals surface area contributed by atoms with Gasteiger partial charge in [0.1, 0.15) is 0 Å². The summed E-state index contributed by atoms with van der Waals surface area (Å²) in [6.07, 6.45) is 1.49. The minimum absolute atomic E-state index is 0.0339. The maximum Gasteiger partial charge on any atom is 0.311 e. The van der Waals surface area contributed by atoms with E-state index in [2.05, 4.69) is 10.3 Å². The summed E-state index contributed by atoms with van der Waals surface area (Å²) in [5.41, 5.74) is -0.0531. The zero-order valence-corrected chi connectivity index (χ0v) is 8.38. The first-order chi connectivity index (χ1) is 7.15. The van der Waals surface area contributed by atoms with Gasteiger partial charge in [0.2, 0.25) is 5.82 Å². The van der Waals surface area contributed by atoms with Crippen molar-refractivity contribution in [2.75, 3.05) is 18.5 Å². The molecule has 0 radical (unpaired) electrons. The van der Waals surface area contributed by atoms with Crippen LogP contribution in [-0.2, 0) is 0 Å². The highest BCUT2D eigenvalue weighted by atomic mass is 16.6. The van der Waals surface area contributed by atoms with Gasteiger partial charge in [0.15, 0.2) is 0 Å². The predicted molar refractivity (Wildman–Crippen MR) is 55.6 cm³/mol. The Morgan fingerprint density at radius 1 is 1.73 bits per heavy atom. The molecule has 1 rings (SSSR count). The van der Waals surface area contributed by atoms with Crippen LogP contribution in [-0.4, -0.2) is 28.2 Å². The molecular formula is C9H13N3O3. The Labute approximate surface area is 87.1 Å². The molecule has 6 heteroatoms. The normalized spacial score (nSPS) is 12.1. The van der Waals surface area contributed by atoms with Crippen molar-refractivity contribution in [1.82, 2.24) is 4.98 Å². The van der Waals surface area contributed by atoms with E-state index in [1.54, 1.807) is 0 Å². The maximum absolute atomic E-state index is 10.6. The van der Waals surface area contributed by atoms with E-state index in [9.17, 15) is 10.1 Å². The van der Waals surface area contributed by atoms with E-state index >= 15 is 0 Å². The Hall–Kier alpha value is -1.69. The van der Waals surface area contributed by atoms with Gasteiger partial charge in [0.05, 0.1) is 4.92 Å². The first-order valence-corrected chi connectivity index (χ1v) is 4.59. The molecular weight excluding hydrogens is 198 g/mol. The second-order valence-electron chi connectivity index (χ2n) is 3.30. The van der Waals surface area contributed by atoms with Crippen LogP contribution in [0.1, 0.15) is 6.92 Å². The summed E-state index contributed by atoms with van der Waals surface area (Å²) < 4.78 is 0. The molecule has 82 valence electrons. The fourth-order valence-electron chi connectivity index (χ4n) is 1.02. The lowest BCUT2D eigenvalue weighted by Gasteiger charge is -2.09. The van der Waals surface area contributed by atoms with E-state index in [1.807, 2.05) is 6.92 Å². The van der Waals surface area contributed by atoms with E-state index in [4.69, 9.17) is 5.11 Å². The third kappa shape index (κ3) is 3.17. The monoisotopic (exact) mass is 211 g/mol. The Bertz CT molecular complexity index is 343. The maximum atomic E-state index is 10.6.